The number of amides is 1. The van der Waals surface area contributed by atoms with Gasteiger partial charge in [-0.05, 0) is 37.3 Å². The van der Waals surface area contributed by atoms with Gasteiger partial charge in [0.1, 0.15) is 11.5 Å². The summed E-state index contributed by atoms with van der Waals surface area (Å²) in [5, 5.41) is 0. The van der Waals surface area contributed by atoms with Gasteiger partial charge in [-0.25, -0.2) is 14.4 Å². The normalized spacial score (nSPS) is 14.6. The predicted molar refractivity (Wildman–Crippen MR) is 95.6 cm³/mol. The van der Waals surface area contributed by atoms with Crippen molar-refractivity contribution in [1.29, 1.82) is 0 Å². The first kappa shape index (κ1) is 17.1. The molecule has 7 heteroatoms. The number of aryl methyl sites for hydroxylation is 1. The average Bonchev–Trinajstić information content (AvgIpc) is 2.61. The number of anilines is 2. The van der Waals surface area contributed by atoms with Crippen LogP contribution in [-0.2, 0) is 0 Å². The molecule has 1 amide bonds. The minimum absolute atomic E-state index is 0.0765. The minimum Gasteiger partial charge on any atom is -0.368 e. The number of carbonyl (C=O) groups is 1. The van der Waals surface area contributed by atoms with Gasteiger partial charge in [-0.3, -0.25) is 4.79 Å². The first-order valence-corrected chi connectivity index (χ1v) is 8.27. The molecule has 3 rings (SSSR count). The maximum Gasteiger partial charge on any atom is 0.272 e. The molecule has 0 N–H and O–H groups in total. The van der Waals surface area contributed by atoms with Crippen LogP contribution in [0.4, 0.5) is 16.0 Å². The van der Waals surface area contributed by atoms with E-state index in [1.165, 1.54) is 12.1 Å². The van der Waals surface area contributed by atoms with Gasteiger partial charge in [-0.15, -0.1) is 0 Å². The molecule has 132 valence electrons. The van der Waals surface area contributed by atoms with Crippen molar-refractivity contribution in [2.75, 3.05) is 50.1 Å². The van der Waals surface area contributed by atoms with Crippen molar-refractivity contribution in [3.8, 4) is 0 Å². The lowest BCUT2D eigenvalue weighted by Crippen LogP contribution is -2.49. The van der Waals surface area contributed by atoms with E-state index >= 15 is 0 Å². The topological polar surface area (TPSA) is 52.6 Å². The van der Waals surface area contributed by atoms with E-state index in [4.69, 9.17) is 0 Å². The summed E-state index contributed by atoms with van der Waals surface area (Å²) in [5.41, 5.74) is 2.17. The Morgan fingerprint density at radius 1 is 1.08 bits per heavy atom. The molecule has 1 aromatic heterocycles. The maximum absolute atomic E-state index is 13.0. The Morgan fingerprint density at radius 3 is 2.32 bits per heavy atom. The van der Waals surface area contributed by atoms with E-state index in [0.29, 0.717) is 37.8 Å². The second-order valence-electron chi connectivity index (χ2n) is 6.34. The average molecular weight is 343 g/mol. The molecule has 1 aliphatic heterocycles. The molecule has 1 fully saturated rings. The van der Waals surface area contributed by atoms with Crippen LogP contribution >= 0.6 is 0 Å². The van der Waals surface area contributed by atoms with Gasteiger partial charge in [0.25, 0.3) is 5.91 Å². The number of halogens is 1. The number of nitrogens with zero attached hydrogens (tertiary/aromatic N) is 5. The number of benzene rings is 1. The van der Waals surface area contributed by atoms with Crippen LogP contribution in [0.5, 0.6) is 0 Å². The summed E-state index contributed by atoms with van der Waals surface area (Å²) in [5.74, 6) is 0.217. The largest absolute Gasteiger partial charge is 0.368 e. The Hall–Kier alpha value is -2.70. The zero-order valence-corrected chi connectivity index (χ0v) is 14.7. The lowest BCUT2D eigenvalue weighted by atomic mass is 10.2. The molecule has 0 saturated carbocycles. The SMILES string of the molecule is Cc1cc(C(=O)N2CCN(c3ccc(F)cc3)CC2)nc(N(C)C)n1. The molecular weight excluding hydrogens is 321 g/mol. The van der Waals surface area contributed by atoms with Gasteiger partial charge >= 0.3 is 0 Å². The van der Waals surface area contributed by atoms with Crippen molar-refractivity contribution in [3.05, 3.63) is 47.5 Å². The molecule has 0 aliphatic carbocycles. The smallest absolute Gasteiger partial charge is 0.272 e. The summed E-state index contributed by atoms with van der Waals surface area (Å²) in [7, 11) is 3.70. The summed E-state index contributed by atoms with van der Waals surface area (Å²) in [6.45, 7) is 4.50. The molecule has 0 unspecified atom stereocenters. The van der Waals surface area contributed by atoms with Crippen LogP contribution < -0.4 is 9.80 Å². The summed E-state index contributed by atoms with van der Waals surface area (Å²) in [6, 6.07) is 8.17. The summed E-state index contributed by atoms with van der Waals surface area (Å²) < 4.78 is 13.0. The predicted octanol–water partition coefficient (Wildman–Crippen LogP) is 1.95. The van der Waals surface area contributed by atoms with Gasteiger partial charge in [0.15, 0.2) is 0 Å². The van der Waals surface area contributed by atoms with Crippen LogP contribution in [0.2, 0.25) is 0 Å². The first-order valence-electron chi connectivity index (χ1n) is 8.27. The maximum atomic E-state index is 13.0. The number of rotatable bonds is 3. The highest BCUT2D eigenvalue weighted by atomic mass is 19.1. The van der Waals surface area contributed by atoms with Crippen LogP contribution in [0.25, 0.3) is 0 Å². The van der Waals surface area contributed by atoms with Gasteiger partial charge < -0.3 is 14.7 Å². The van der Waals surface area contributed by atoms with Crippen LogP contribution in [0.3, 0.4) is 0 Å². The second-order valence-corrected chi connectivity index (χ2v) is 6.34. The second kappa shape index (κ2) is 7.04. The van der Waals surface area contributed by atoms with E-state index in [-0.39, 0.29) is 11.7 Å². The van der Waals surface area contributed by atoms with E-state index < -0.39 is 0 Å². The van der Waals surface area contributed by atoms with Crippen molar-refractivity contribution >= 4 is 17.5 Å². The molecule has 6 nitrogen and oxygen atoms in total. The molecule has 1 aliphatic rings. The van der Waals surface area contributed by atoms with Gasteiger partial charge in [-0.2, -0.15) is 0 Å². The van der Waals surface area contributed by atoms with E-state index in [9.17, 15) is 9.18 Å². The lowest BCUT2D eigenvalue weighted by molar-refractivity contribution is 0.0740. The fourth-order valence-corrected chi connectivity index (χ4v) is 2.84. The Kier molecular flexibility index (Phi) is 4.83. The van der Waals surface area contributed by atoms with Gasteiger partial charge in [0.05, 0.1) is 0 Å². The van der Waals surface area contributed by atoms with Crippen LogP contribution in [-0.4, -0.2) is 61.0 Å². The summed E-state index contributed by atoms with van der Waals surface area (Å²) in [6.07, 6.45) is 0. The van der Waals surface area contributed by atoms with E-state index in [1.807, 2.05) is 21.0 Å². The van der Waals surface area contributed by atoms with Crippen molar-refractivity contribution in [1.82, 2.24) is 14.9 Å². The number of hydrogen-bond acceptors (Lipinski definition) is 5. The van der Waals surface area contributed by atoms with Crippen molar-refractivity contribution in [3.63, 3.8) is 0 Å². The molecular formula is C18H22FN5O. The highest BCUT2D eigenvalue weighted by molar-refractivity contribution is 5.92. The summed E-state index contributed by atoms with van der Waals surface area (Å²) in [4.78, 5) is 27.2. The number of carbonyl (C=O) groups excluding carboxylic acids is 1. The molecule has 1 saturated heterocycles. The molecule has 0 bridgehead atoms. The monoisotopic (exact) mass is 343 g/mol. The van der Waals surface area contributed by atoms with Gasteiger partial charge in [0.2, 0.25) is 5.95 Å². The highest BCUT2D eigenvalue weighted by Gasteiger charge is 2.24. The van der Waals surface area contributed by atoms with Crippen molar-refractivity contribution in [2.24, 2.45) is 0 Å². The molecule has 2 heterocycles. The molecule has 25 heavy (non-hydrogen) atoms. The highest BCUT2D eigenvalue weighted by Crippen LogP contribution is 2.18. The van der Waals surface area contributed by atoms with E-state index in [1.54, 1.807) is 28.0 Å². The van der Waals surface area contributed by atoms with Crippen molar-refractivity contribution < 1.29 is 9.18 Å². The Bertz CT molecular complexity index is 755. The third kappa shape index (κ3) is 3.87. The van der Waals surface area contributed by atoms with Crippen molar-refractivity contribution in [2.45, 2.75) is 6.92 Å². The fourth-order valence-electron chi connectivity index (χ4n) is 2.84. The number of piperazine rings is 1. The van der Waals surface area contributed by atoms with Crippen LogP contribution in [0, 0.1) is 12.7 Å². The zero-order chi connectivity index (χ0) is 18.0. The molecule has 0 atom stereocenters. The molecule has 0 radical (unpaired) electrons. The number of aromatic nitrogens is 2. The standard InChI is InChI=1S/C18H22FN5O/c1-13-12-16(21-18(20-13)22(2)3)17(25)24-10-8-23(9-11-24)15-6-4-14(19)5-7-15/h4-7,12H,8-11H2,1-3H3. The minimum atomic E-state index is -0.242. The van der Waals surface area contributed by atoms with Gasteiger partial charge in [0, 0.05) is 51.7 Å². The number of hydrogen-bond donors (Lipinski definition) is 0. The van der Waals surface area contributed by atoms with Crippen LogP contribution in [0.15, 0.2) is 30.3 Å². The summed E-state index contributed by atoms with van der Waals surface area (Å²) >= 11 is 0. The van der Waals surface area contributed by atoms with E-state index in [0.717, 1.165) is 11.4 Å². The molecule has 2 aromatic rings. The molecule has 1 aromatic carbocycles. The Morgan fingerprint density at radius 2 is 1.72 bits per heavy atom. The third-order valence-electron chi connectivity index (χ3n) is 4.22. The molecule has 0 spiro atoms. The Balaban J connectivity index is 1.68. The van der Waals surface area contributed by atoms with E-state index in [2.05, 4.69) is 14.9 Å². The van der Waals surface area contributed by atoms with Crippen LogP contribution in [0.1, 0.15) is 16.2 Å². The third-order valence-corrected chi connectivity index (χ3v) is 4.22. The lowest BCUT2D eigenvalue weighted by Gasteiger charge is -2.36. The fraction of sp³-hybridized carbons (Fsp3) is 0.389. The zero-order valence-electron chi connectivity index (χ0n) is 14.7. The van der Waals surface area contributed by atoms with Gasteiger partial charge in [-0.1, -0.05) is 0 Å². The Labute approximate surface area is 146 Å². The first-order chi connectivity index (χ1) is 11.9. The quantitative estimate of drug-likeness (QED) is 0.853.